The van der Waals surface area contributed by atoms with E-state index in [1.165, 1.54) is 18.2 Å². The summed E-state index contributed by atoms with van der Waals surface area (Å²) >= 11 is 0. The van der Waals surface area contributed by atoms with Crippen LogP contribution in [0.25, 0.3) is 0 Å². The van der Waals surface area contributed by atoms with Gasteiger partial charge in [0, 0.05) is 32.2 Å². The number of para-hydroxylation sites is 1. The van der Waals surface area contributed by atoms with Gasteiger partial charge in [0.15, 0.2) is 0 Å². The van der Waals surface area contributed by atoms with Gasteiger partial charge in [-0.25, -0.2) is 4.39 Å². The molecule has 3 aromatic rings. The standard InChI is InChI=1S/C26H27F4N5/c1-18-5-4-8-22(27)25(18)33-13-10-20(11-14-33)34-16-23-24(9-12-31-32-23)35(17-34)15-19-6-2-3-7-21(19)26(28,29)30/h2-9,12,20H,10-11,13-17H2,1H3. The molecule has 2 aliphatic heterocycles. The van der Waals surface area contributed by atoms with E-state index in [-0.39, 0.29) is 24.0 Å². The summed E-state index contributed by atoms with van der Waals surface area (Å²) in [7, 11) is 0. The summed E-state index contributed by atoms with van der Waals surface area (Å²) in [5, 5.41) is 8.31. The normalized spacial score (nSPS) is 17.5. The molecule has 0 aliphatic carbocycles. The van der Waals surface area contributed by atoms with E-state index >= 15 is 0 Å². The number of aryl methyl sites for hydroxylation is 1. The number of nitrogens with zero attached hydrogens (tertiary/aromatic N) is 5. The number of hydrogen-bond acceptors (Lipinski definition) is 5. The largest absolute Gasteiger partial charge is 0.416 e. The summed E-state index contributed by atoms with van der Waals surface area (Å²) in [5.41, 5.74) is 2.76. The summed E-state index contributed by atoms with van der Waals surface area (Å²) in [5.74, 6) is -0.208. The molecule has 0 unspecified atom stereocenters. The molecule has 1 aromatic heterocycles. The molecule has 184 valence electrons. The van der Waals surface area contributed by atoms with Gasteiger partial charge in [-0.05, 0) is 49.1 Å². The molecule has 0 N–H and O–H groups in total. The van der Waals surface area contributed by atoms with E-state index in [1.807, 2.05) is 24.0 Å². The van der Waals surface area contributed by atoms with E-state index < -0.39 is 11.7 Å². The Balaban J connectivity index is 1.35. The van der Waals surface area contributed by atoms with Gasteiger partial charge in [0.2, 0.25) is 0 Å². The highest BCUT2D eigenvalue weighted by molar-refractivity contribution is 5.55. The van der Waals surface area contributed by atoms with Gasteiger partial charge in [-0.3, -0.25) is 4.90 Å². The number of fused-ring (bicyclic) bond motifs is 1. The van der Waals surface area contributed by atoms with Crippen LogP contribution in [0.4, 0.5) is 28.9 Å². The minimum absolute atomic E-state index is 0.123. The molecule has 1 saturated heterocycles. The fraction of sp³-hybridized carbons (Fsp3) is 0.385. The van der Waals surface area contributed by atoms with Crippen molar-refractivity contribution in [2.75, 3.05) is 29.6 Å². The first-order chi connectivity index (χ1) is 16.8. The monoisotopic (exact) mass is 485 g/mol. The van der Waals surface area contributed by atoms with E-state index in [0.29, 0.717) is 32.0 Å². The Hall–Kier alpha value is -3.20. The van der Waals surface area contributed by atoms with Crippen LogP contribution < -0.4 is 9.80 Å². The van der Waals surface area contributed by atoms with Crippen LogP contribution in [-0.2, 0) is 19.3 Å². The second-order valence-electron chi connectivity index (χ2n) is 9.23. The van der Waals surface area contributed by atoms with Crippen LogP contribution in [0.5, 0.6) is 0 Å². The molecular weight excluding hydrogens is 458 g/mol. The van der Waals surface area contributed by atoms with Gasteiger partial charge >= 0.3 is 6.18 Å². The molecule has 2 aromatic carbocycles. The maximum absolute atomic E-state index is 14.5. The third-order valence-corrected chi connectivity index (χ3v) is 6.99. The second kappa shape index (κ2) is 9.45. The average molecular weight is 486 g/mol. The molecule has 3 heterocycles. The van der Waals surface area contributed by atoms with Gasteiger partial charge in [0.25, 0.3) is 0 Å². The molecular formula is C26H27F4N5. The number of halogens is 4. The van der Waals surface area contributed by atoms with Crippen molar-refractivity contribution in [3.63, 3.8) is 0 Å². The van der Waals surface area contributed by atoms with Gasteiger partial charge in [0.1, 0.15) is 11.5 Å². The van der Waals surface area contributed by atoms with Crippen molar-refractivity contribution >= 4 is 11.4 Å². The highest BCUT2D eigenvalue weighted by Crippen LogP contribution is 2.36. The van der Waals surface area contributed by atoms with E-state index in [0.717, 1.165) is 35.9 Å². The topological polar surface area (TPSA) is 35.5 Å². The molecule has 35 heavy (non-hydrogen) atoms. The van der Waals surface area contributed by atoms with Crippen molar-refractivity contribution in [1.29, 1.82) is 0 Å². The van der Waals surface area contributed by atoms with E-state index in [9.17, 15) is 17.6 Å². The Morgan fingerprint density at radius 1 is 1.00 bits per heavy atom. The van der Waals surface area contributed by atoms with Crippen LogP contribution in [0, 0.1) is 12.7 Å². The SMILES string of the molecule is Cc1cccc(F)c1N1CCC(N2Cc3nnccc3N(Cc3ccccc3C(F)(F)F)C2)CC1. The van der Waals surface area contributed by atoms with Gasteiger partial charge < -0.3 is 9.80 Å². The molecule has 0 saturated carbocycles. The van der Waals surface area contributed by atoms with E-state index in [1.54, 1.807) is 18.3 Å². The van der Waals surface area contributed by atoms with Crippen molar-refractivity contribution in [3.05, 3.63) is 82.9 Å². The molecule has 0 atom stereocenters. The molecule has 0 bridgehead atoms. The summed E-state index contributed by atoms with van der Waals surface area (Å²) in [6.45, 7) is 4.55. The number of benzene rings is 2. The minimum Gasteiger partial charge on any atom is -0.369 e. The Kier molecular flexibility index (Phi) is 6.35. The quantitative estimate of drug-likeness (QED) is 0.463. The second-order valence-corrected chi connectivity index (χ2v) is 9.23. The molecule has 2 aliphatic rings. The zero-order valence-corrected chi connectivity index (χ0v) is 19.5. The predicted octanol–water partition coefficient (Wildman–Crippen LogP) is 5.39. The molecule has 5 nitrogen and oxygen atoms in total. The highest BCUT2D eigenvalue weighted by Gasteiger charge is 2.35. The first-order valence-electron chi connectivity index (χ1n) is 11.8. The number of anilines is 2. The minimum atomic E-state index is -4.41. The molecule has 5 rings (SSSR count). The van der Waals surface area contributed by atoms with Crippen molar-refractivity contribution in [1.82, 2.24) is 15.1 Å². The first-order valence-corrected chi connectivity index (χ1v) is 11.8. The predicted molar refractivity (Wildman–Crippen MR) is 126 cm³/mol. The Labute approximate surface area is 202 Å². The van der Waals surface area contributed by atoms with E-state index in [4.69, 9.17) is 0 Å². The Morgan fingerprint density at radius 2 is 1.77 bits per heavy atom. The maximum atomic E-state index is 14.5. The highest BCUT2D eigenvalue weighted by atomic mass is 19.4. The lowest BCUT2D eigenvalue weighted by molar-refractivity contribution is -0.138. The van der Waals surface area contributed by atoms with Crippen LogP contribution in [-0.4, -0.2) is 40.9 Å². The molecule has 0 amide bonds. The van der Waals surface area contributed by atoms with Crippen molar-refractivity contribution in [2.24, 2.45) is 0 Å². The average Bonchev–Trinajstić information content (AvgIpc) is 2.84. The molecule has 0 spiro atoms. The summed E-state index contributed by atoms with van der Waals surface area (Å²) in [6, 6.07) is 12.9. The van der Waals surface area contributed by atoms with Gasteiger partial charge in [-0.1, -0.05) is 30.3 Å². The number of rotatable bonds is 4. The van der Waals surface area contributed by atoms with Gasteiger partial charge in [-0.15, -0.1) is 0 Å². The van der Waals surface area contributed by atoms with Crippen molar-refractivity contribution in [3.8, 4) is 0 Å². The Morgan fingerprint density at radius 3 is 2.51 bits per heavy atom. The first kappa shape index (κ1) is 23.5. The fourth-order valence-corrected chi connectivity index (χ4v) is 5.29. The zero-order chi connectivity index (χ0) is 24.6. The van der Waals surface area contributed by atoms with Gasteiger partial charge in [-0.2, -0.15) is 23.4 Å². The number of aromatic nitrogens is 2. The Bertz CT molecular complexity index is 1170. The van der Waals surface area contributed by atoms with Crippen LogP contribution in [0.2, 0.25) is 0 Å². The third kappa shape index (κ3) is 4.82. The van der Waals surface area contributed by atoms with Crippen LogP contribution in [0.3, 0.4) is 0 Å². The van der Waals surface area contributed by atoms with Gasteiger partial charge in [0.05, 0.1) is 29.8 Å². The number of hydrogen-bond donors (Lipinski definition) is 0. The van der Waals surface area contributed by atoms with Crippen molar-refractivity contribution < 1.29 is 17.6 Å². The number of piperidine rings is 1. The third-order valence-electron chi connectivity index (χ3n) is 6.99. The van der Waals surface area contributed by atoms with E-state index in [2.05, 4.69) is 20.0 Å². The van der Waals surface area contributed by atoms with Crippen molar-refractivity contribution in [2.45, 2.75) is 45.1 Å². The smallest absolute Gasteiger partial charge is 0.369 e. The summed E-state index contributed by atoms with van der Waals surface area (Å²) < 4.78 is 55.3. The maximum Gasteiger partial charge on any atom is 0.416 e. The lowest BCUT2D eigenvalue weighted by Crippen LogP contribution is -2.51. The fourth-order valence-electron chi connectivity index (χ4n) is 5.29. The van der Waals surface area contributed by atoms with Crippen LogP contribution in [0.15, 0.2) is 54.7 Å². The summed E-state index contributed by atoms with van der Waals surface area (Å²) in [4.78, 5) is 6.31. The van der Waals surface area contributed by atoms with Crippen LogP contribution >= 0.6 is 0 Å². The lowest BCUT2D eigenvalue weighted by Gasteiger charge is -2.44. The number of alkyl halides is 3. The molecule has 9 heteroatoms. The lowest BCUT2D eigenvalue weighted by atomic mass is 10.00. The van der Waals surface area contributed by atoms with Crippen LogP contribution in [0.1, 0.15) is 35.2 Å². The molecule has 0 radical (unpaired) electrons. The summed E-state index contributed by atoms with van der Waals surface area (Å²) in [6.07, 6.45) is -1.18. The zero-order valence-electron chi connectivity index (χ0n) is 19.5. The molecule has 1 fully saturated rings.